The number of hydrogen-bond donors (Lipinski definition) is 2. The summed E-state index contributed by atoms with van der Waals surface area (Å²) in [6.07, 6.45) is 1.45. The van der Waals surface area contributed by atoms with E-state index in [9.17, 15) is 8.42 Å². The first kappa shape index (κ1) is 17.1. The minimum atomic E-state index is -2.83. The van der Waals surface area contributed by atoms with Gasteiger partial charge >= 0.3 is 11.6 Å². The predicted octanol–water partition coefficient (Wildman–Crippen LogP) is -1.28. The third kappa shape index (κ3) is 24.8. The van der Waals surface area contributed by atoms with E-state index in [0.717, 1.165) is 0 Å². The lowest BCUT2D eigenvalue weighted by molar-refractivity contribution is 0.191. The van der Waals surface area contributed by atoms with Gasteiger partial charge in [0.25, 0.3) is 0 Å². The molecular formula is C7H17NO5S2. The van der Waals surface area contributed by atoms with Crippen LogP contribution < -0.4 is 5.32 Å². The zero-order chi connectivity index (χ0) is 12.3. The highest BCUT2D eigenvalue weighted by atomic mass is 32.2. The predicted molar refractivity (Wildman–Crippen MR) is 57.8 cm³/mol. The third-order valence-electron chi connectivity index (χ3n) is 1.31. The highest BCUT2D eigenvalue weighted by molar-refractivity contribution is 7.90. The lowest BCUT2D eigenvalue weighted by Crippen LogP contribution is -2.26. The average molecular weight is 259 g/mol. The van der Waals surface area contributed by atoms with E-state index in [1.54, 1.807) is 6.92 Å². The van der Waals surface area contributed by atoms with E-state index in [4.69, 9.17) is 13.5 Å². The van der Waals surface area contributed by atoms with E-state index in [2.05, 4.69) is 5.32 Å². The molecule has 0 saturated carbocycles. The van der Waals surface area contributed by atoms with Gasteiger partial charge in [-0.05, 0) is 19.9 Å². The van der Waals surface area contributed by atoms with Crippen LogP contribution in [-0.2, 0) is 21.4 Å². The van der Waals surface area contributed by atoms with Gasteiger partial charge in [-0.15, -0.1) is 0 Å². The van der Waals surface area contributed by atoms with Crippen molar-refractivity contribution in [3.8, 4) is 0 Å². The first-order valence-corrected chi connectivity index (χ1v) is 7.04. The number of nitrogens with one attached hydrogen (secondary N) is 1. The van der Waals surface area contributed by atoms with Gasteiger partial charge in [0.15, 0.2) is 0 Å². The van der Waals surface area contributed by atoms with Crippen LogP contribution in [0.3, 0.4) is 0 Å². The second kappa shape index (κ2) is 10.2. The zero-order valence-corrected chi connectivity index (χ0v) is 10.4. The minimum Gasteiger partial charge on any atom is -0.392 e. The fourth-order valence-electron chi connectivity index (χ4n) is 0.770. The molecule has 0 saturated heterocycles. The summed E-state index contributed by atoms with van der Waals surface area (Å²) >= 11 is -0.750. The van der Waals surface area contributed by atoms with Crippen LogP contribution in [0.5, 0.6) is 0 Å². The highest BCUT2D eigenvalue weighted by Gasteiger charge is 2.00. The maximum atomic E-state index is 10.7. The molecule has 0 amide bonds. The van der Waals surface area contributed by atoms with Crippen LogP contribution in [0.2, 0.25) is 0 Å². The van der Waals surface area contributed by atoms with Crippen molar-refractivity contribution in [1.29, 1.82) is 0 Å². The molecule has 0 rings (SSSR count). The van der Waals surface area contributed by atoms with Gasteiger partial charge in [-0.3, -0.25) is 0 Å². The van der Waals surface area contributed by atoms with Crippen molar-refractivity contribution >= 4 is 21.4 Å². The molecule has 0 aromatic rings. The van der Waals surface area contributed by atoms with Crippen LogP contribution in [0.25, 0.3) is 0 Å². The number of rotatable bonds is 6. The largest absolute Gasteiger partial charge is 0.392 e. The molecule has 0 aromatic heterocycles. The first-order valence-electron chi connectivity index (χ1n) is 4.31. The lowest BCUT2D eigenvalue weighted by atomic mass is 10.4. The quantitative estimate of drug-likeness (QED) is 0.576. The van der Waals surface area contributed by atoms with Gasteiger partial charge in [0.05, 0.1) is 11.9 Å². The van der Waals surface area contributed by atoms with Crippen molar-refractivity contribution in [3.05, 3.63) is 0 Å². The number of aliphatic hydroxyl groups is 1. The number of hydrogen-bond acceptors (Lipinski definition) is 6. The van der Waals surface area contributed by atoms with Crippen molar-refractivity contribution in [2.45, 2.75) is 19.4 Å². The SMILES string of the molecule is CC(O)CNCCCS(C)(=O)=O.O=S=O. The molecule has 0 bridgehead atoms. The molecule has 0 aliphatic carbocycles. The Kier molecular flexibility index (Phi) is 11.6. The fraction of sp³-hybridized carbons (Fsp3) is 1.00. The fourth-order valence-corrected chi connectivity index (χ4v) is 1.44. The summed E-state index contributed by atoms with van der Waals surface area (Å²) in [4.78, 5) is 0. The molecule has 2 N–H and O–H groups in total. The standard InChI is InChI=1S/C7H17NO3S.O2S/c1-7(9)6-8-4-3-5-12(2,10)11;1-3-2/h7-9H,3-6H2,1-2H3;. The summed E-state index contributed by atoms with van der Waals surface area (Å²) in [5.41, 5.74) is 0. The second-order valence-electron chi connectivity index (χ2n) is 3.10. The van der Waals surface area contributed by atoms with Gasteiger partial charge < -0.3 is 10.4 Å². The summed E-state index contributed by atoms with van der Waals surface area (Å²) in [7, 11) is -2.83. The Bertz CT molecular complexity index is 269. The summed E-state index contributed by atoms with van der Waals surface area (Å²) in [5.74, 6) is 0.208. The third-order valence-corrected chi connectivity index (χ3v) is 2.34. The molecule has 1 atom stereocenters. The molecule has 15 heavy (non-hydrogen) atoms. The van der Waals surface area contributed by atoms with Crippen LogP contribution >= 0.6 is 0 Å². The van der Waals surface area contributed by atoms with Crippen molar-refractivity contribution in [2.75, 3.05) is 25.1 Å². The first-order chi connectivity index (χ1) is 6.83. The van der Waals surface area contributed by atoms with Gasteiger partial charge in [0, 0.05) is 12.8 Å². The van der Waals surface area contributed by atoms with Crippen LogP contribution in [0.1, 0.15) is 13.3 Å². The summed E-state index contributed by atoms with van der Waals surface area (Å²) in [6.45, 7) is 2.84. The monoisotopic (exact) mass is 259 g/mol. The Morgan fingerprint density at radius 3 is 2.20 bits per heavy atom. The molecule has 0 aliphatic rings. The number of aliphatic hydroxyl groups excluding tert-OH is 1. The molecule has 1 unspecified atom stereocenters. The Morgan fingerprint density at radius 1 is 1.40 bits per heavy atom. The van der Waals surface area contributed by atoms with E-state index < -0.39 is 21.4 Å². The molecule has 0 radical (unpaired) electrons. The maximum Gasteiger partial charge on any atom is 0.335 e. The highest BCUT2D eigenvalue weighted by Crippen LogP contribution is 1.86. The maximum absolute atomic E-state index is 10.7. The van der Waals surface area contributed by atoms with Crippen LogP contribution in [-0.4, -0.2) is 53.1 Å². The average Bonchev–Trinajstić information content (AvgIpc) is 2.02. The Hall–Kier alpha value is -0.310. The van der Waals surface area contributed by atoms with E-state index >= 15 is 0 Å². The van der Waals surface area contributed by atoms with Crippen molar-refractivity contribution in [1.82, 2.24) is 5.32 Å². The van der Waals surface area contributed by atoms with Gasteiger partial charge in [-0.1, -0.05) is 0 Å². The van der Waals surface area contributed by atoms with Crippen molar-refractivity contribution in [2.24, 2.45) is 0 Å². The smallest absolute Gasteiger partial charge is 0.335 e. The van der Waals surface area contributed by atoms with Crippen LogP contribution in [0.15, 0.2) is 0 Å². The van der Waals surface area contributed by atoms with Crippen molar-refractivity contribution < 1.29 is 21.9 Å². The molecule has 8 heteroatoms. The van der Waals surface area contributed by atoms with E-state index in [1.807, 2.05) is 0 Å². The Morgan fingerprint density at radius 2 is 1.87 bits per heavy atom. The van der Waals surface area contributed by atoms with E-state index in [-0.39, 0.29) is 11.9 Å². The molecule has 0 heterocycles. The van der Waals surface area contributed by atoms with Gasteiger partial charge in [0.1, 0.15) is 9.84 Å². The van der Waals surface area contributed by atoms with Crippen LogP contribution in [0.4, 0.5) is 0 Å². The molecule has 92 valence electrons. The van der Waals surface area contributed by atoms with Crippen LogP contribution in [0, 0.1) is 0 Å². The Labute approximate surface area is 93.6 Å². The Balaban J connectivity index is 0. The topological polar surface area (TPSA) is 101 Å². The van der Waals surface area contributed by atoms with Gasteiger partial charge in [-0.2, -0.15) is 8.42 Å². The zero-order valence-electron chi connectivity index (χ0n) is 8.80. The minimum absolute atomic E-state index is 0.208. The van der Waals surface area contributed by atoms with Gasteiger partial charge in [-0.25, -0.2) is 8.42 Å². The summed E-state index contributed by atoms with van der Waals surface area (Å²) in [5, 5.41) is 11.8. The molecular weight excluding hydrogens is 242 g/mol. The summed E-state index contributed by atoms with van der Waals surface area (Å²) < 4.78 is 37.9. The second-order valence-corrected chi connectivity index (χ2v) is 5.50. The van der Waals surface area contributed by atoms with Gasteiger partial charge in [0.2, 0.25) is 0 Å². The molecule has 0 aliphatic heterocycles. The molecule has 0 aromatic carbocycles. The van der Waals surface area contributed by atoms with E-state index in [1.165, 1.54) is 6.26 Å². The van der Waals surface area contributed by atoms with Crippen molar-refractivity contribution in [3.63, 3.8) is 0 Å². The molecule has 0 fully saturated rings. The normalized spacial score (nSPS) is 12.5. The lowest BCUT2D eigenvalue weighted by Gasteiger charge is -2.05. The molecule has 0 spiro atoms. The molecule has 6 nitrogen and oxygen atoms in total. The van der Waals surface area contributed by atoms with E-state index in [0.29, 0.717) is 19.5 Å². The number of sulfone groups is 1. The summed E-state index contributed by atoms with van der Waals surface area (Å²) in [6, 6.07) is 0.